The van der Waals surface area contributed by atoms with E-state index in [4.69, 9.17) is 0 Å². The molecule has 4 aromatic carbocycles. The Kier molecular flexibility index (Phi) is 2.77. The zero-order chi connectivity index (χ0) is 18.3. The molecule has 28 heavy (non-hydrogen) atoms. The lowest BCUT2D eigenvalue weighted by Gasteiger charge is -2.60. The van der Waals surface area contributed by atoms with Gasteiger partial charge in [-0.1, -0.05) is 72.8 Å². The third-order valence-corrected chi connectivity index (χ3v) is 7.92. The van der Waals surface area contributed by atoms with Crippen molar-refractivity contribution in [1.82, 2.24) is 0 Å². The van der Waals surface area contributed by atoms with E-state index in [1.54, 1.807) is 33.0 Å². The van der Waals surface area contributed by atoms with Gasteiger partial charge < -0.3 is 0 Å². The molecule has 0 amide bonds. The Balaban J connectivity index is 1.26. The SMILES string of the molecule is c1cc2c3c(cccc3c1)CC1(C2)CC2(Cc3cccc4cccc(c34)C2)C1. The quantitative estimate of drug-likeness (QED) is 0.329. The van der Waals surface area contributed by atoms with Gasteiger partial charge in [0.05, 0.1) is 0 Å². The van der Waals surface area contributed by atoms with E-state index < -0.39 is 0 Å². The molecule has 0 unspecified atom stereocenters. The zero-order valence-electron chi connectivity index (χ0n) is 16.2. The van der Waals surface area contributed by atoms with Gasteiger partial charge in [0.1, 0.15) is 0 Å². The molecule has 0 heteroatoms. The van der Waals surface area contributed by atoms with Crippen molar-refractivity contribution in [2.75, 3.05) is 0 Å². The van der Waals surface area contributed by atoms with Crippen LogP contribution < -0.4 is 0 Å². The third-order valence-electron chi connectivity index (χ3n) is 7.92. The van der Waals surface area contributed by atoms with E-state index >= 15 is 0 Å². The second-order valence-electron chi connectivity index (χ2n) is 9.93. The Hall–Kier alpha value is -2.60. The Morgan fingerprint density at radius 2 is 0.750 bits per heavy atom. The van der Waals surface area contributed by atoms with E-state index in [-0.39, 0.29) is 0 Å². The van der Waals surface area contributed by atoms with Crippen molar-refractivity contribution >= 4 is 21.5 Å². The van der Waals surface area contributed by atoms with E-state index in [9.17, 15) is 0 Å². The minimum atomic E-state index is 0.489. The number of hydrogen-bond donors (Lipinski definition) is 0. The van der Waals surface area contributed by atoms with Crippen molar-refractivity contribution in [2.45, 2.75) is 38.5 Å². The monoisotopic (exact) mass is 360 g/mol. The molecular formula is C28H24. The topological polar surface area (TPSA) is 0 Å². The Labute approximate surface area is 166 Å². The molecule has 0 aliphatic heterocycles. The molecule has 1 saturated carbocycles. The fourth-order valence-corrected chi connectivity index (χ4v) is 7.37. The smallest absolute Gasteiger partial charge is 0.0119 e. The maximum atomic E-state index is 2.38. The van der Waals surface area contributed by atoms with Gasteiger partial charge in [-0.05, 0) is 93.2 Å². The van der Waals surface area contributed by atoms with Gasteiger partial charge in [-0.15, -0.1) is 0 Å². The van der Waals surface area contributed by atoms with Gasteiger partial charge in [0.2, 0.25) is 0 Å². The maximum absolute atomic E-state index is 2.38. The van der Waals surface area contributed by atoms with Gasteiger partial charge in [-0.3, -0.25) is 0 Å². The van der Waals surface area contributed by atoms with Crippen molar-refractivity contribution in [3.63, 3.8) is 0 Å². The molecule has 3 aliphatic rings. The van der Waals surface area contributed by atoms with Gasteiger partial charge >= 0.3 is 0 Å². The van der Waals surface area contributed by atoms with Crippen LogP contribution in [0.4, 0.5) is 0 Å². The molecule has 7 rings (SSSR count). The Morgan fingerprint density at radius 1 is 0.429 bits per heavy atom. The summed E-state index contributed by atoms with van der Waals surface area (Å²) >= 11 is 0. The molecule has 0 N–H and O–H groups in total. The number of rotatable bonds is 0. The summed E-state index contributed by atoms with van der Waals surface area (Å²) in [5.74, 6) is 0. The van der Waals surface area contributed by atoms with E-state index in [0.717, 1.165) is 0 Å². The van der Waals surface area contributed by atoms with E-state index in [2.05, 4.69) is 72.8 Å². The van der Waals surface area contributed by atoms with E-state index in [1.807, 2.05) is 0 Å². The summed E-state index contributed by atoms with van der Waals surface area (Å²) in [7, 11) is 0. The third kappa shape index (κ3) is 1.96. The molecule has 136 valence electrons. The summed E-state index contributed by atoms with van der Waals surface area (Å²) in [5, 5.41) is 5.96. The lowest BCUT2D eigenvalue weighted by Crippen LogP contribution is -2.53. The standard InChI is InChI=1S/C28H24/c1-5-19-6-2-10-22-14-27(13-21(9-1)25(19)22)17-28(18-27)15-23-11-3-7-20-8-4-12-24(16-28)26(20)23/h1-12H,13-18H2. The molecule has 0 atom stereocenters. The fraction of sp³-hybridized carbons (Fsp3) is 0.286. The highest BCUT2D eigenvalue weighted by Gasteiger charge is 2.55. The predicted octanol–water partition coefficient (Wildman–Crippen LogP) is 6.66. The highest BCUT2D eigenvalue weighted by atomic mass is 14.6. The summed E-state index contributed by atoms with van der Waals surface area (Å²) in [5.41, 5.74) is 7.34. The van der Waals surface area contributed by atoms with Gasteiger partial charge in [-0.25, -0.2) is 0 Å². The first-order valence-electron chi connectivity index (χ1n) is 10.7. The van der Waals surface area contributed by atoms with Gasteiger partial charge in [0.15, 0.2) is 0 Å². The second kappa shape index (κ2) is 5.06. The summed E-state index contributed by atoms with van der Waals surface area (Å²) in [6.45, 7) is 0. The normalized spacial score (nSPS) is 20.6. The van der Waals surface area contributed by atoms with Crippen LogP contribution in [-0.2, 0) is 25.7 Å². The summed E-state index contributed by atoms with van der Waals surface area (Å²) in [6, 6.07) is 27.7. The van der Waals surface area contributed by atoms with Crippen LogP contribution in [0.5, 0.6) is 0 Å². The summed E-state index contributed by atoms with van der Waals surface area (Å²) < 4.78 is 0. The molecule has 0 saturated heterocycles. The number of benzene rings is 4. The van der Waals surface area contributed by atoms with E-state index in [1.165, 1.54) is 49.3 Å². The minimum Gasteiger partial charge on any atom is -0.0614 e. The van der Waals surface area contributed by atoms with Crippen LogP contribution in [-0.4, -0.2) is 0 Å². The minimum absolute atomic E-state index is 0.489. The lowest BCUT2D eigenvalue weighted by molar-refractivity contribution is -0.0431. The van der Waals surface area contributed by atoms with Crippen molar-refractivity contribution < 1.29 is 0 Å². The largest absolute Gasteiger partial charge is 0.0614 e. The molecule has 2 spiro atoms. The first-order valence-corrected chi connectivity index (χ1v) is 10.7. The van der Waals surface area contributed by atoms with Crippen LogP contribution in [0.3, 0.4) is 0 Å². The summed E-state index contributed by atoms with van der Waals surface area (Å²) in [4.78, 5) is 0. The molecule has 3 aliphatic carbocycles. The highest BCUT2D eigenvalue weighted by molar-refractivity contribution is 5.91. The van der Waals surface area contributed by atoms with Crippen molar-refractivity contribution in [3.8, 4) is 0 Å². The molecule has 0 nitrogen and oxygen atoms in total. The van der Waals surface area contributed by atoms with Crippen LogP contribution in [0.15, 0.2) is 72.8 Å². The predicted molar refractivity (Wildman–Crippen MR) is 117 cm³/mol. The molecule has 4 aromatic rings. The zero-order valence-corrected chi connectivity index (χ0v) is 16.2. The van der Waals surface area contributed by atoms with Gasteiger partial charge in [-0.2, -0.15) is 0 Å². The van der Waals surface area contributed by atoms with Crippen molar-refractivity contribution in [2.24, 2.45) is 10.8 Å². The van der Waals surface area contributed by atoms with Crippen molar-refractivity contribution in [3.05, 3.63) is 95.1 Å². The highest BCUT2D eigenvalue weighted by Crippen LogP contribution is 2.63. The molecule has 0 heterocycles. The summed E-state index contributed by atoms with van der Waals surface area (Å²) in [6.07, 6.45) is 7.86. The van der Waals surface area contributed by atoms with Gasteiger partial charge in [0.25, 0.3) is 0 Å². The molecule has 0 radical (unpaired) electrons. The molecule has 0 aromatic heterocycles. The Morgan fingerprint density at radius 3 is 1.07 bits per heavy atom. The van der Waals surface area contributed by atoms with Crippen LogP contribution in [0.25, 0.3) is 21.5 Å². The molecule has 0 bridgehead atoms. The first-order chi connectivity index (χ1) is 13.7. The van der Waals surface area contributed by atoms with Gasteiger partial charge in [0, 0.05) is 0 Å². The number of hydrogen-bond acceptors (Lipinski definition) is 0. The first kappa shape index (κ1) is 15.3. The average Bonchev–Trinajstić information content (AvgIpc) is 2.68. The van der Waals surface area contributed by atoms with Crippen LogP contribution >= 0.6 is 0 Å². The molecule has 1 fully saturated rings. The van der Waals surface area contributed by atoms with Crippen LogP contribution in [0.2, 0.25) is 0 Å². The van der Waals surface area contributed by atoms with Crippen molar-refractivity contribution in [1.29, 1.82) is 0 Å². The fourth-order valence-electron chi connectivity index (χ4n) is 7.37. The Bertz CT molecular complexity index is 1090. The molecular weight excluding hydrogens is 336 g/mol. The maximum Gasteiger partial charge on any atom is -0.0119 e. The average molecular weight is 361 g/mol. The lowest BCUT2D eigenvalue weighted by atomic mass is 9.44. The van der Waals surface area contributed by atoms with Crippen LogP contribution in [0.1, 0.15) is 35.1 Å². The second-order valence-corrected chi connectivity index (χ2v) is 9.93. The van der Waals surface area contributed by atoms with Crippen LogP contribution in [0, 0.1) is 10.8 Å². The van der Waals surface area contributed by atoms with E-state index in [0.29, 0.717) is 10.8 Å².